The fraction of sp³-hybridized carbons (Fsp3) is 0.346. The van der Waals surface area contributed by atoms with E-state index in [9.17, 15) is 9.59 Å². The van der Waals surface area contributed by atoms with Crippen molar-refractivity contribution in [2.75, 3.05) is 25.4 Å². The molecule has 0 saturated heterocycles. The molecule has 0 fully saturated rings. The fourth-order valence-electron chi connectivity index (χ4n) is 4.37. The molecule has 10 heteroatoms. The standard InChI is InChI=1S/C26H31N7O2S/c1-5-32(6-2)17(4)13-28-26(35)18-12-21(30-24(27)23(18)16(3)15-34)19-14-29-33-10-9-20(31-25(19)33)22-8-7-11-36-22/h7-12,14-17H,5-6,13H2,1-4H3,(H2,27,30)(H,28,35). The van der Waals surface area contributed by atoms with E-state index in [2.05, 4.69) is 41.1 Å². The van der Waals surface area contributed by atoms with Gasteiger partial charge >= 0.3 is 0 Å². The number of nitrogen functional groups attached to an aromatic ring is 1. The highest BCUT2D eigenvalue weighted by Crippen LogP contribution is 2.31. The summed E-state index contributed by atoms with van der Waals surface area (Å²) >= 11 is 1.60. The highest BCUT2D eigenvalue weighted by Gasteiger charge is 2.24. The molecule has 4 aromatic heterocycles. The molecule has 2 atom stereocenters. The number of carbonyl (C=O) groups excluding carboxylic acids is 2. The van der Waals surface area contributed by atoms with Crippen LogP contribution in [0.2, 0.25) is 0 Å². The first-order valence-electron chi connectivity index (χ1n) is 12.0. The minimum atomic E-state index is -0.583. The van der Waals surface area contributed by atoms with Crippen LogP contribution in [0, 0.1) is 0 Å². The maximum atomic E-state index is 13.4. The highest BCUT2D eigenvalue weighted by molar-refractivity contribution is 7.13. The molecule has 0 aliphatic heterocycles. The molecule has 0 aliphatic carbocycles. The van der Waals surface area contributed by atoms with E-state index in [1.165, 1.54) is 0 Å². The molecule has 36 heavy (non-hydrogen) atoms. The van der Waals surface area contributed by atoms with E-state index in [-0.39, 0.29) is 17.8 Å². The topological polar surface area (TPSA) is 119 Å². The Labute approximate surface area is 214 Å². The Hall–Kier alpha value is -3.63. The summed E-state index contributed by atoms with van der Waals surface area (Å²) in [6.45, 7) is 10.2. The van der Waals surface area contributed by atoms with Crippen LogP contribution in [0.3, 0.4) is 0 Å². The number of likely N-dealkylation sites (N-methyl/N-ethyl adjacent to an activating group) is 1. The van der Waals surface area contributed by atoms with Crippen LogP contribution in [0.5, 0.6) is 0 Å². The molecule has 0 aromatic carbocycles. The molecular weight excluding hydrogens is 474 g/mol. The predicted octanol–water partition coefficient (Wildman–Crippen LogP) is 3.86. The number of fused-ring (bicyclic) bond motifs is 1. The number of hydrogen-bond acceptors (Lipinski definition) is 8. The second-order valence-corrected chi connectivity index (χ2v) is 9.62. The first-order valence-corrected chi connectivity index (χ1v) is 12.9. The van der Waals surface area contributed by atoms with E-state index >= 15 is 0 Å². The van der Waals surface area contributed by atoms with Gasteiger partial charge in [0.1, 0.15) is 12.1 Å². The van der Waals surface area contributed by atoms with Crippen LogP contribution in [-0.2, 0) is 4.79 Å². The van der Waals surface area contributed by atoms with Gasteiger partial charge in [-0.3, -0.25) is 9.69 Å². The summed E-state index contributed by atoms with van der Waals surface area (Å²) in [7, 11) is 0. The number of aldehydes is 1. The molecule has 4 heterocycles. The molecule has 3 N–H and O–H groups in total. The quantitative estimate of drug-likeness (QED) is 0.314. The molecule has 0 saturated carbocycles. The maximum absolute atomic E-state index is 13.4. The lowest BCUT2D eigenvalue weighted by molar-refractivity contribution is -0.108. The second-order valence-electron chi connectivity index (χ2n) is 8.68. The number of carbonyl (C=O) groups is 2. The van der Waals surface area contributed by atoms with E-state index in [1.54, 1.807) is 35.0 Å². The first-order chi connectivity index (χ1) is 17.4. The molecule has 2 unspecified atom stereocenters. The van der Waals surface area contributed by atoms with E-state index in [1.807, 2.05) is 29.8 Å². The third-order valence-corrected chi connectivity index (χ3v) is 7.30. The Morgan fingerprint density at radius 2 is 2.00 bits per heavy atom. The molecule has 1 amide bonds. The zero-order chi connectivity index (χ0) is 25.8. The molecule has 0 radical (unpaired) electrons. The minimum Gasteiger partial charge on any atom is -0.383 e. The number of pyridine rings is 1. The van der Waals surface area contributed by atoms with E-state index in [4.69, 9.17) is 10.7 Å². The first kappa shape index (κ1) is 25.5. The van der Waals surface area contributed by atoms with Gasteiger partial charge in [0.25, 0.3) is 5.91 Å². The smallest absolute Gasteiger partial charge is 0.251 e. The number of nitrogens with zero attached hydrogens (tertiary/aromatic N) is 5. The van der Waals surface area contributed by atoms with Crippen molar-refractivity contribution in [3.8, 4) is 21.8 Å². The van der Waals surface area contributed by atoms with Crippen LogP contribution in [0.15, 0.2) is 42.0 Å². The Balaban J connectivity index is 1.75. The third-order valence-electron chi connectivity index (χ3n) is 6.40. The van der Waals surface area contributed by atoms with Crippen molar-refractivity contribution in [1.29, 1.82) is 0 Å². The van der Waals surface area contributed by atoms with Gasteiger partial charge in [-0.05, 0) is 43.6 Å². The summed E-state index contributed by atoms with van der Waals surface area (Å²) < 4.78 is 1.66. The summed E-state index contributed by atoms with van der Waals surface area (Å²) in [6.07, 6.45) is 4.27. The zero-order valence-corrected chi connectivity index (χ0v) is 21.7. The highest BCUT2D eigenvalue weighted by atomic mass is 32.1. The Bertz CT molecular complexity index is 1360. The van der Waals surface area contributed by atoms with Gasteiger partial charge in [-0.15, -0.1) is 11.3 Å². The SMILES string of the molecule is CCN(CC)C(C)CNC(=O)c1cc(-c2cnn3ccc(-c4cccs4)nc23)nc(N)c1C(C)C=O. The van der Waals surface area contributed by atoms with E-state index in [0.29, 0.717) is 34.6 Å². The average Bonchev–Trinajstić information content (AvgIpc) is 3.57. The number of aromatic nitrogens is 4. The van der Waals surface area contributed by atoms with Crippen molar-refractivity contribution >= 4 is 35.0 Å². The molecule has 188 valence electrons. The summed E-state index contributed by atoms with van der Waals surface area (Å²) in [5.41, 5.74) is 9.64. The van der Waals surface area contributed by atoms with Crippen LogP contribution in [0.1, 0.15) is 49.5 Å². The lowest BCUT2D eigenvalue weighted by Crippen LogP contribution is -2.42. The molecule has 0 spiro atoms. The fourth-order valence-corrected chi connectivity index (χ4v) is 5.07. The van der Waals surface area contributed by atoms with Crippen molar-refractivity contribution in [1.82, 2.24) is 29.8 Å². The normalized spacial score (nSPS) is 13.1. The summed E-state index contributed by atoms with van der Waals surface area (Å²) in [4.78, 5) is 37.7. The van der Waals surface area contributed by atoms with Crippen LogP contribution < -0.4 is 11.1 Å². The number of rotatable bonds is 10. The number of nitrogens with two attached hydrogens (primary N) is 1. The van der Waals surface area contributed by atoms with E-state index < -0.39 is 5.92 Å². The summed E-state index contributed by atoms with van der Waals surface area (Å²) in [5.74, 6) is -0.737. The molecule has 4 rings (SSSR count). The van der Waals surface area contributed by atoms with Gasteiger partial charge in [-0.25, -0.2) is 14.5 Å². The van der Waals surface area contributed by atoms with Gasteiger partial charge in [0.2, 0.25) is 0 Å². The summed E-state index contributed by atoms with van der Waals surface area (Å²) in [6, 6.07) is 7.73. The Kier molecular flexibility index (Phi) is 7.76. The Morgan fingerprint density at radius 1 is 1.22 bits per heavy atom. The van der Waals surface area contributed by atoms with E-state index in [0.717, 1.165) is 29.9 Å². The van der Waals surface area contributed by atoms with Crippen LogP contribution in [0.4, 0.5) is 5.82 Å². The van der Waals surface area contributed by atoms with Crippen molar-refractivity contribution in [2.45, 2.75) is 39.7 Å². The van der Waals surface area contributed by atoms with Crippen molar-refractivity contribution in [3.63, 3.8) is 0 Å². The number of thiophene rings is 1. The number of anilines is 1. The average molecular weight is 506 g/mol. The zero-order valence-electron chi connectivity index (χ0n) is 20.9. The molecule has 4 aromatic rings. The van der Waals surface area contributed by atoms with Gasteiger partial charge in [-0.1, -0.05) is 26.8 Å². The van der Waals surface area contributed by atoms with Crippen molar-refractivity contribution in [3.05, 3.63) is 53.2 Å². The van der Waals surface area contributed by atoms with Crippen LogP contribution in [-0.4, -0.2) is 62.4 Å². The molecule has 9 nitrogen and oxygen atoms in total. The lowest BCUT2D eigenvalue weighted by Gasteiger charge is -2.26. The molecule has 0 bridgehead atoms. The minimum absolute atomic E-state index is 0.141. The van der Waals surface area contributed by atoms with Gasteiger partial charge in [0, 0.05) is 35.8 Å². The van der Waals surface area contributed by atoms with Crippen LogP contribution in [0.25, 0.3) is 27.5 Å². The molecular formula is C26H31N7O2S. The Morgan fingerprint density at radius 3 is 2.67 bits per heavy atom. The van der Waals surface area contributed by atoms with Gasteiger partial charge in [-0.2, -0.15) is 5.10 Å². The second kappa shape index (κ2) is 11.0. The maximum Gasteiger partial charge on any atom is 0.251 e. The lowest BCUT2D eigenvalue weighted by atomic mass is 9.95. The van der Waals surface area contributed by atoms with Crippen LogP contribution >= 0.6 is 11.3 Å². The van der Waals surface area contributed by atoms with Gasteiger partial charge in [0.15, 0.2) is 5.65 Å². The van der Waals surface area contributed by atoms with Gasteiger partial charge in [0.05, 0.1) is 28.0 Å². The number of hydrogen-bond donors (Lipinski definition) is 2. The third kappa shape index (κ3) is 5.00. The number of nitrogens with one attached hydrogen (secondary N) is 1. The largest absolute Gasteiger partial charge is 0.383 e. The van der Waals surface area contributed by atoms with Gasteiger partial charge < -0.3 is 15.8 Å². The number of amides is 1. The van der Waals surface area contributed by atoms with Crippen molar-refractivity contribution < 1.29 is 9.59 Å². The molecule has 0 aliphatic rings. The summed E-state index contributed by atoms with van der Waals surface area (Å²) in [5, 5.41) is 9.42. The van der Waals surface area contributed by atoms with Crippen molar-refractivity contribution in [2.24, 2.45) is 0 Å². The predicted molar refractivity (Wildman–Crippen MR) is 143 cm³/mol. The monoisotopic (exact) mass is 505 g/mol.